The largest absolute Gasteiger partial charge is 0.496 e. The fourth-order valence-corrected chi connectivity index (χ4v) is 1.24. The van der Waals surface area contributed by atoms with Gasteiger partial charge < -0.3 is 9.84 Å². The Morgan fingerprint density at radius 3 is 2.17 bits per heavy atom. The number of alkyl halides is 5. The Kier molecular flexibility index (Phi) is 3.50. The van der Waals surface area contributed by atoms with Crippen molar-refractivity contribution in [1.82, 2.24) is 0 Å². The zero-order valence-corrected chi connectivity index (χ0v) is 8.89. The number of hydrogen-bond donors (Lipinski definition) is 1. The SMILES string of the molecule is COc1ccc(C(F)(F)F)cc1C(F)(F)C(=O)O. The monoisotopic (exact) mass is 270 g/mol. The van der Waals surface area contributed by atoms with E-state index >= 15 is 0 Å². The van der Waals surface area contributed by atoms with E-state index in [0.717, 1.165) is 7.11 Å². The second-order valence-electron chi connectivity index (χ2n) is 3.29. The van der Waals surface area contributed by atoms with Gasteiger partial charge in [-0.25, -0.2) is 4.79 Å². The lowest BCUT2D eigenvalue weighted by Crippen LogP contribution is -2.26. The van der Waals surface area contributed by atoms with E-state index in [9.17, 15) is 26.7 Å². The number of methoxy groups -OCH3 is 1. The van der Waals surface area contributed by atoms with Crippen LogP contribution in [0.3, 0.4) is 0 Å². The molecule has 18 heavy (non-hydrogen) atoms. The second-order valence-corrected chi connectivity index (χ2v) is 3.29. The minimum Gasteiger partial charge on any atom is -0.496 e. The molecule has 1 rings (SSSR count). The fourth-order valence-electron chi connectivity index (χ4n) is 1.24. The van der Waals surface area contributed by atoms with Crippen LogP contribution >= 0.6 is 0 Å². The molecule has 1 N–H and O–H groups in total. The number of halogens is 5. The Morgan fingerprint density at radius 2 is 1.78 bits per heavy atom. The third-order valence-electron chi connectivity index (χ3n) is 2.13. The highest BCUT2D eigenvalue weighted by molar-refractivity contribution is 5.78. The number of ether oxygens (including phenoxy) is 1. The molecule has 0 spiro atoms. The molecule has 0 heterocycles. The van der Waals surface area contributed by atoms with E-state index in [4.69, 9.17) is 5.11 Å². The Labute approximate surface area is 97.8 Å². The first-order valence-corrected chi connectivity index (χ1v) is 4.47. The number of aliphatic carboxylic acids is 1. The summed E-state index contributed by atoms with van der Waals surface area (Å²) < 4.78 is 68.0. The van der Waals surface area contributed by atoms with E-state index in [1.54, 1.807) is 0 Å². The summed E-state index contributed by atoms with van der Waals surface area (Å²) in [5.41, 5.74) is -2.72. The van der Waals surface area contributed by atoms with Crippen LogP contribution in [0.2, 0.25) is 0 Å². The lowest BCUT2D eigenvalue weighted by atomic mass is 10.0. The average molecular weight is 270 g/mol. The Balaban J connectivity index is 3.45. The topological polar surface area (TPSA) is 46.5 Å². The summed E-state index contributed by atoms with van der Waals surface area (Å²) in [5.74, 6) is -7.65. The lowest BCUT2D eigenvalue weighted by molar-refractivity contribution is -0.166. The molecule has 3 nitrogen and oxygen atoms in total. The molecule has 1 aromatic carbocycles. The molecule has 0 unspecified atom stereocenters. The van der Waals surface area contributed by atoms with Crippen molar-refractivity contribution in [3.05, 3.63) is 29.3 Å². The standard InChI is InChI=1S/C10H7F5O3/c1-18-7-3-2-5(10(13,14)15)4-6(7)9(11,12)8(16)17/h2-4H,1H3,(H,16,17). The molecule has 0 atom stereocenters. The van der Waals surface area contributed by atoms with Crippen molar-refractivity contribution in [3.63, 3.8) is 0 Å². The van der Waals surface area contributed by atoms with E-state index < -0.39 is 34.9 Å². The van der Waals surface area contributed by atoms with Gasteiger partial charge in [-0.15, -0.1) is 0 Å². The molecule has 0 aliphatic carbocycles. The van der Waals surface area contributed by atoms with Crippen LogP contribution in [-0.4, -0.2) is 18.2 Å². The smallest absolute Gasteiger partial charge is 0.416 e. The zero-order chi connectivity index (χ0) is 14.1. The molecule has 0 aliphatic rings. The number of rotatable bonds is 3. The van der Waals surface area contributed by atoms with Gasteiger partial charge in [0.05, 0.1) is 18.2 Å². The quantitative estimate of drug-likeness (QED) is 0.859. The Bertz CT molecular complexity index is 467. The van der Waals surface area contributed by atoms with Gasteiger partial charge >= 0.3 is 18.1 Å². The molecule has 0 bridgehead atoms. The van der Waals surface area contributed by atoms with Gasteiger partial charge in [-0.3, -0.25) is 0 Å². The van der Waals surface area contributed by atoms with Crippen molar-refractivity contribution >= 4 is 5.97 Å². The van der Waals surface area contributed by atoms with E-state index in [0.29, 0.717) is 12.1 Å². The average Bonchev–Trinajstić information content (AvgIpc) is 2.26. The molecule has 0 aromatic heterocycles. The van der Waals surface area contributed by atoms with Crippen LogP contribution < -0.4 is 4.74 Å². The van der Waals surface area contributed by atoms with E-state index in [1.165, 1.54) is 0 Å². The molecule has 0 fully saturated rings. The molecular weight excluding hydrogens is 263 g/mol. The van der Waals surface area contributed by atoms with Crippen LogP contribution in [0.5, 0.6) is 5.75 Å². The number of carbonyl (C=O) groups is 1. The van der Waals surface area contributed by atoms with Crippen LogP contribution in [0, 0.1) is 0 Å². The van der Waals surface area contributed by atoms with Crippen molar-refractivity contribution in [2.24, 2.45) is 0 Å². The maximum Gasteiger partial charge on any atom is 0.416 e. The molecule has 0 saturated carbocycles. The normalized spacial score (nSPS) is 12.3. The minimum absolute atomic E-state index is 0.0625. The number of carboxylic acid groups (broad SMARTS) is 1. The van der Waals surface area contributed by atoms with Gasteiger partial charge in [0.1, 0.15) is 5.75 Å². The highest BCUT2D eigenvalue weighted by Gasteiger charge is 2.45. The highest BCUT2D eigenvalue weighted by Crippen LogP contribution is 2.39. The summed E-state index contributed by atoms with van der Waals surface area (Å²) >= 11 is 0. The molecule has 8 heteroatoms. The van der Waals surface area contributed by atoms with Crippen molar-refractivity contribution in [3.8, 4) is 5.75 Å². The van der Waals surface area contributed by atoms with Crippen molar-refractivity contribution in [2.45, 2.75) is 12.1 Å². The van der Waals surface area contributed by atoms with E-state index in [1.807, 2.05) is 0 Å². The van der Waals surface area contributed by atoms with Crippen molar-refractivity contribution in [1.29, 1.82) is 0 Å². The summed E-state index contributed by atoms with van der Waals surface area (Å²) in [6.07, 6.45) is -4.85. The molecular formula is C10H7F5O3. The van der Waals surface area contributed by atoms with Crippen LogP contribution in [0.4, 0.5) is 22.0 Å². The Morgan fingerprint density at radius 1 is 1.22 bits per heavy atom. The first-order chi connectivity index (χ1) is 8.10. The van der Waals surface area contributed by atoms with Crippen LogP contribution in [0.15, 0.2) is 18.2 Å². The van der Waals surface area contributed by atoms with Gasteiger partial charge in [-0.05, 0) is 18.2 Å². The molecule has 1 aromatic rings. The van der Waals surface area contributed by atoms with Crippen LogP contribution in [0.1, 0.15) is 11.1 Å². The van der Waals surface area contributed by atoms with Gasteiger partial charge in [-0.1, -0.05) is 0 Å². The highest BCUT2D eigenvalue weighted by atomic mass is 19.4. The summed E-state index contributed by atoms with van der Waals surface area (Å²) in [4.78, 5) is 10.4. The van der Waals surface area contributed by atoms with Crippen molar-refractivity contribution < 1.29 is 36.6 Å². The second kappa shape index (κ2) is 4.43. The number of benzene rings is 1. The minimum atomic E-state index is -4.85. The van der Waals surface area contributed by atoms with Gasteiger partial charge in [0.15, 0.2) is 0 Å². The maximum atomic E-state index is 13.2. The van der Waals surface area contributed by atoms with Crippen molar-refractivity contribution in [2.75, 3.05) is 7.11 Å². The summed E-state index contributed by atoms with van der Waals surface area (Å²) in [6.45, 7) is 0. The summed E-state index contributed by atoms with van der Waals surface area (Å²) in [5, 5.41) is 8.32. The maximum absolute atomic E-state index is 13.2. The van der Waals surface area contributed by atoms with Gasteiger partial charge in [-0.2, -0.15) is 22.0 Å². The van der Waals surface area contributed by atoms with Gasteiger partial charge in [0, 0.05) is 0 Å². The third kappa shape index (κ3) is 2.52. The van der Waals surface area contributed by atoms with Gasteiger partial charge in [0.25, 0.3) is 0 Å². The lowest BCUT2D eigenvalue weighted by Gasteiger charge is -2.17. The van der Waals surface area contributed by atoms with Gasteiger partial charge in [0.2, 0.25) is 0 Å². The van der Waals surface area contributed by atoms with Crippen LogP contribution in [0.25, 0.3) is 0 Å². The van der Waals surface area contributed by atoms with E-state index in [2.05, 4.69) is 4.74 Å². The predicted molar refractivity (Wildman–Crippen MR) is 49.5 cm³/mol. The molecule has 100 valence electrons. The predicted octanol–water partition coefficient (Wildman–Crippen LogP) is 2.89. The van der Waals surface area contributed by atoms with E-state index in [-0.39, 0.29) is 6.07 Å². The third-order valence-corrected chi connectivity index (χ3v) is 2.13. The fraction of sp³-hybridized carbons (Fsp3) is 0.300. The summed E-state index contributed by atoms with van der Waals surface area (Å²) in [7, 11) is 0.948. The molecule has 0 aliphatic heterocycles. The summed E-state index contributed by atoms with van der Waals surface area (Å²) in [6, 6.07) is 1.24. The molecule has 0 saturated heterocycles. The first-order valence-electron chi connectivity index (χ1n) is 4.47. The molecule has 0 radical (unpaired) electrons. The molecule has 0 amide bonds. The zero-order valence-electron chi connectivity index (χ0n) is 8.89. The first kappa shape index (κ1) is 14.2. The Hall–Kier alpha value is -1.86. The number of carboxylic acids is 1. The number of hydrogen-bond acceptors (Lipinski definition) is 2. The van der Waals surface area contributed by atoms with Crippen LogP contribution in [-0.2, 0) is 16.9 Å².